The number of piperidine rings is 1. The van der Waals surface area contributed by atoms with Gasteiger partial charge in [0.05, 0.1) is 17.3 Å². The molecule has 0 radical (unpaired) electrons. The number of anilines is 1. The molecule has 7 heteroatoms. The van der Waals surface area contributed by atoms with Crippen LogP contribution in [0.4, 0.5) is 23.2 Å². The quantitative estimate of drug-likeness (QED) is 0.871. The minimum atomic E-state index is -4.57. The fourth-order valence-electron chi connectivity index (χ4n) is 2.45. The molecule has 0 aliphatic carbocycles. The fourth-order valence-corrected chi connectivity index (χ4v) is 2.45. The van der Waals surface area contributed by atoms with Crippen LogP contribution in [-0.2, 0) is 11.0 Å². The molecule has 21 heavy (non-hydrogen) atoms. The molecule has 0 bridgehead atoms. The van der Waals surface area contributed by atoms with Gasteiger partial charge in [-0.3, -0.25) is 4.79 Å². The molecule has 1 aromatic carbocycles. The van der Waals surface area contributed by atoms with Gasteiger partial charge in [0.1, 0.15) is 5.82 Å². The van der Waals surface area contributed by atoms with Crippen LogP contribution in [0.2, 0.25) is 0 Å². The van der Waals surface area contributed by atoms with Gasteiger partial charge in [-0.1, -0.05) is 6.92 Å². The highest BCUT2D eigenvalue weighted by Gasteiger charge is 2.34. The Morgan fingerprint density at radius 3 is 2.71 bits per heavy atom. The van der Waals surface area contributed by atoms with E-state index in [4.69, 9.17) is 0 Å². The predicted molar refractivity (Wildman–Crippen MR) is 70.5 cm³/mol. The second-order valence-corrected chi connectivity index (χ2v) is 4.91. The van der Waals surface area contributed by atoms with Gasteiger partial charge in [-0.2, -0.15) is 13.2 Å². The average Bonchev–Trinajstić information content (AvgIpc) is 2.41. The van der Waals surface area contributed by atoms with Crippen molar-refractivity contribution in [2.24, 2.45) is 0 Å². The molecular formula is C14H16F4N2O. The van der Waals surface area contributed by atoms with Crippen molar-refractivity contribution in [3.63, 3.8) is 0 Å². The van der Waals surface area contributed by atoms with Gasteiger partial charge in [-0.05, 0) is 37.6 Å². The van der Waals surface area contributed by atoms with Crippen molar-refractivity contribution in [3.8, 4) is 0 Å². The Kier molecular flexibility index (Phi) is 4.51. The van der Waals surface area contributed by atoms with Crippen molar-refractivity contribution in [2.45, 2.75) is 32.0 Å². The van der Waals surface area contributed by atoms with Crippen LogP contribution in [-0.4, -0.2) is 25.0 Å². The van der Waals surface area contributed by atoms with Crippen LogP contribution in [0.15, 0.2) is 18.2 Å². The Bertz CT molecular complexity index is 528. The molecule has 1 fully saturated rings. The third-order valence-electron chi connectivity index (χ3n) is 3.45. The molecule has 116 valence electrons. The predicted octanol–water partition coefficient (Wildman–Crippen LogP) is 2.95. The first-order chi connectivity index (χ1) is 9.84. The van der Waals surface area contributed by atoms with Crippen LogP contribution in [0.1, 0.15) is 25.3 Å². The van der Waals surface area contributed by atoms with E-state index in [1.54, 1.807) is 0 Å². The number of halogens is 4. The van der Waals surface area contributed by atoms with Crippen molar-refractivity contribution in [2.75, 3.05) is 18.0 Å². The Morgan fingerprint density at radius 1 is 1.38 bits per heavy atom. The van der Waals surface area contributed by atoms with Gasteiger partial charge >= 0.3 is 6.18 Å². The number of hydrogen-bond donors (Lipinski definition) is 1. The Labute approximate surface area is 119 Å². The number of carbonyl (C=O) groups is 1. The van der Waals surface area contributed by atoms with Gasteiger partial charge < -0.3 is 10.2 Å². The monoisotopic (exact) mass is 304 g/mol. The largest absolute Gasteiger partial charge is 0.416 e. The summed E-state index contributed by atoms with van der Waals surface area (Å²) in [6.07, 6.45) is -3.36. The van der Waals surface area contributed by atoms with Gasteiger partial charge in [-0.25, -0.2) is 4.39 Å². The standard InChI is InChI=1S/C14H16F4N2O/c1-2-19-11-4-3-7-20(13(11)21)12-8-9(14(16,17)18)5-6-10(12)15/h5-6,8,11,19H,2-4,7H2,1H3. The number of nitrogens with zero attached hydrogens (tertiary/aromatic N) is 1. The molecule has 1 aliphatic rings. The van der Waals surface area contributed by atoms with Crippen LogP contribution in [0.5, 0.6) is 0 Å². The summed E-state index contributed by atoms with van der Waals surface area (Å²) in [7, 11) is 0. The molecule has 1 atom stereocenters. The lowest BCUT2D eigenvalue weighted by molar-refractivity contribution is -0.137. The summed E-state index contributed by atoms with van der Waals surface area (Å²) in [6.45, 7) is 2.62. The van der Waals surface area contributed by atoms with E-state index in [0.717, 1.165) is 11.0 Å². The number of hydrogen-bond acceptors (Lipinski definition) is 2. The second kappa shape index (κ2) is 6.01. The number of rotatable bonds is 3. The molecular weight excluding hydrogens is 288 g/mol. The highest BCUT2D eigenvalue weighted by Crippen LogP contribution is 2.34. The Balaban J connectivity index is 2.34. The fraction of sp³-hybridized carbons (Fsp3) is 0.500. The summed E-state index contributed by atoms with van der Waals surface area (Å²) in [5.41, 5.74) is -1.27. The van der Waals surface area contributed by atoms with Gasteiger partial charge in [0.25, 0.3) is 0 Å². The third-order valence-corrected chi connectivity index (χ3v) is 3.45. The molecule has 0 spiro atoms. The van der Waals surface area contributed by atoms with E-state index >= 15 is 0 Å². The summed E-state index contributed by atoms with van der Waals surface area (Å²) in [4.78, 5) is 13.3. The number of nitrogens with one attached hydrogen (secondary N) is 1. The first-order valence-electron chi connectivity index (χ1n) is 6.76. The van der Waals surface area contributed by atoms with Gasteiger partial charge in [0.15, 0.2) is 0 Å². The van der Waals surface area contributed by atoms with E-state index in [-0.39, 0.29) is 18.1 Å². The van der Waals surface area contributed by atoms with E-state index in [9.17, 15) is 22.4 Å². The van der Waals surface area contributed by atoms with E-state index in [1.807, 2.05) is 6.92 Å². The highest BCUT2D eigenvalue weighted by molar-refractivity contribution is 5.98. The molecule has 1 unspecified atom stereocenters. The van der Waals surface area contributed by atoms with E-state index in [0.29, 0.717) is 31.5 Å². The zero-order valence-electron chi connectivity index (χ0n) is 11.5. The summed E-state index contributed by atoms with van der Waals surface area (Å²) in [5, 5.41) is 2.96. The number of benzene rings is 1. The van der Waals surface area contributed by atoms with E-state index in [2.05, 4.69) is 5.32 Å². The SMILES string of the molecule is CCNC1CCCN(c2cc(C(F)(F)F)ccc2F)C1=O. The summed E-state index contributed by atoms with van der Waals surface area (Å²) in [6, 6.07) is 1.65. The van der Waals surface area contributed by atoms with Crippen molar-refractivity contribution in [3.05, 3.63) is 29.6 Å². The third kappa shape index (κ3) is 3.34. The zero-order valence-corrected chi connectivity index (χ0v) is 11.5. The molecule has 0 aromatic heterocycles. The topological polar surface area (TPSA) is 32.3 Å². The lowest BCUT2D eigenvalue weighted by Gasteiger charge is -2.33. The summed E-state index contributed by atoms with van der Waals surface area (Å²) >= 11 is 0. The number of alkyl halides is 3. The van der Waals surface area contributed by atoms with Gasteiger partial charge in [0.2, 0.25) is 5.91 Å². The Hall–Kier alpha value is -1.63. The minimum Gasteiger partial charge on any atom is -0.308 e. The molecule has 1 heterocycles. The minimum absolute atomic E-state index is 0.221. The first-order valence-corrected chi connectivity index (χ1v) is 6.76. The van der Waals surface area contributed by atoms with Crippen molar-refractivity contribution >= 4 is 11.6 Å². The molecule has 2 rings (SSSR count). The molecule has 0 saturated carbocycles. The second-order valence-electron chi connectivity index (χ2n) is 4.91. The first kappa shape index (κ1) is 15.8. The van der Waals surface area contributed by atoms with E-state index < -0.39 is 23.6 Å². The number of carbonyl (C=O) groups excluding carboxylic acids is 1. The number of amides is 1. The smallest absolute Gasteiger partial charge is 0.308 e. The molecule has 1 amide bonds. The molecule has 3 nitrogen and oxygen atoms in total. The average molecular weight is 304 g/mol. The van der Waals surface area contributed by atoms with Crippen molar-refractivity contribution < 1.29 is 22.4 Å². The van der Waals surface area contributed by atoms with E-state index in [1.165, 1.54) is 0 Å². The molecule has 1 aromatic rings. The van der Waals surface area contributed by atoms with Gasteiger partial charge in [0, 0.05) is 6.54 Å². The van der Waals surface area contributed by atoms with Crippen LogP contribution in [0.3, 0.4) is 0 Å². The van der Waals surface area contributed by atoms with Crippen LogP contribution >= 0.6 is 0 Å². The highest BCUT2D eigenvalue weighted by atomic mass is 19.4. The number of likely N-dealkylation sites (N-methyl/N-ethyl adjacent to an activating group) is 1. The van der Waals surface area contributed by atoms with Gasteiger partial charge in [-0.15, -0.1) is 0 Å². The van der Waals surface area contributed by atoms with Crippen LogP contribution < -0.4 is 10.2 Å². The van der Waals surface area contributed by atoms with Crippen LogP contribution in [0, 0.1) is 5.82 Å². The van der Waals surface area contributed by atoms with Crippen molar-refractivity contribution in [1.29, 1.82) is 0 Å². The lowest BCUT2D eigenvalue weighted by Crippen LogP contribution is -2.51. The summed E-state index contributed by atoms with van der Waals surface area (Å²) < 4.78 is 52.0. The normalized spacial score (nSPS) is 20.0. The van der Waals surface area contributed by atoms with Crippen LogP contribution in [0.25, 0.3) is 0 Å². The zero-order chi connectivity index (χ0) is 15.6. The molecule has 1 aliphatic heterocycles. The molecule has 1 saturated heterocycles. The Morgan fingerprint density at radius 2 is 2.10 bits per heavy atom. The summed E-state index contributed by atoms with van der Waals surface area (Å²) in [5.74, 6) is -1.21. The van der Waals surface area contributed by atoms with Crippen molar-refractivity contribution in [1.82, 2.24) is 5.32 Å². The maximum absolute atomic E-state index is 13.8. The molecule has 1 N–H and O–H groups in total. The lowest BCUT2D eigenvalue weighted by atomic mass is 10.0. The maximum atomic E-state index is 13.8. The maximum Gasteiger partial charge on any atom is 0.416 e.